The van der Waals surface area contributed by atoms with Crippen LogP contribution in [0.25, 0.3) is 10.9 Å². The first-order valence-corrected chi connectivity index (χ1v) is 10.5. The molecule has 0 saturated carbocycles. The molecular formula is C22H32N4O3. The standard InChI is InChI=1S/C22H32N4O3/c1-3-29-12-11-26-20-14-19(25-9-5-4-6-10-25)8-7-17(20)13-18(22(26)28)15-24-16(2)21(23)27/h7-8,13-14,16,24H,3-6,9-12,15H2,1-2H3,(H2,23,27). The maximum Gasteiger partial charge on any atom is 0.255 e. The van der Waals surface area contributed by atoms with Crippen molar-refractivity contribution in [1.29, 1.82) is 0 Å². The highest BCUT2D eigenvalue weighted by molar-refractivity contribution is 5.83. The van der Waals surface area contributed by atoms with Gasteiger partial charge in [-0.25, -0.2) is 0 Å². The molecule has 1 aromatic carbocycles. The summed E-state index contributed by atoms with van der Waals surface area (Å²) >= 11 is 0. The molecule has 1 saturated heterocycles. The molecule has 1 aliphatic rings. The molecule has 1 aromatic heterocycles. The van der Waals surface area contributed by atoms with Crippen LogP contribution in [0, 0.1) is 0 Å². The molecule has 1 atom stereocenters. The summed E-state index contributed by atoms with van der Waals surface area (Å²) in [5, 5.41) is 4.04. The number of carbonyl (C=O) groups is 1. The SMILES string of the molecule is CCOCCn1c(=O)c(CNC(C)C(N)=O)cc2ccc(N3CCCCC3)cc21. The minimum atomic E-state index is -0.497. The Labute approximate surface area is 171 Å². The van der Waals surface area contributed by atoms with Crippen molar-refractivity contribution in [2.24, 2.45) is 5.73 Å². The van der Waals surface area contributed by atoms with E-state index < -0.39 is 11.9 Å². The van der Waals surface area contributed by atoms with Gasteiger partial charge in [0.05, 0.1) is 18.2 Å². The molecule has 0 aliphatic carbocycles. The van der Waals surface area contributed by atoms with E-state index in [1.165, 1.54) is 19.3 Å². The summed E-state index contributed by atoms with van der Waals surface area (Å²) in [5.41, 5.74) is 7.96. The van der Waals surface area contributed by atoms with E-state index in [9.17, 15) is 9.59 Å². The van der Waals surface area contributed by atoms with E-state index in [-0.39, 0.29) is 5.56 Å². The summed E-state index contributed by atoms with van der Waals surface area (Å²) in [6.07, 6.45) is 3.69. The van der Waals surface area contributed by atoms with E-state index in [4.69, 9.17) is 10.5 Å². The molecule has 7 heteroatoms. The third-order valence-corrected chi connectivity index (χ3v) is 5.56. The van der Waals surface area contributed by atoms with E-state index in [1.807, 2.05) is 13.0 Å². The number of piperidine rings is 1. The summed E-state index contributed by atoms with van der Waals surface area (Å²) in [5.74, 6) is -0.436. The fourth-order valence-corrected chi connectivity index (χ4v) is 3.78. The van der Waals surface area contributed by atoms with Gasteiger partial charge in [-0.05, 0) is 56.7 Å². The van der Waals surface area contributed by atoms with Crippen molar-refractivity contribution in [1.82, 2.24) is 9.88 Å². The van der Waals surface area contributed by atoms with Crippen molar-refractivity contribution in [3.8, 4) is 0 Å². The van der Waals surface area contributed by atoms with Gasteiger partial charge in [0.25, 0.3) is 5.56 Å². The maximum absolute atomic E-state index is 13.2. The van der Waals surface area contributed by atoms with Crippen LogP contribution in [-0.2, 0) is 22.6 Å². The van der Waals surface area contributed by atoms with Gasteiger partial charge < -0.3 is 25.3 Å². The molecule has 3 N–H and O–H groups in total. The predicted octanol–water partition coefficient (Wildman–Crippen LogP) is 1.99. The van der Waals surface area contributed by atoms with Crippen LogP contribution in [0.5, 0.6) is 0 Å². The number of hydrogen-bond donors (Lipinski definition) is 2. The van der Waals surface area contributed by atoms with Crippen LogP contribution in [0.2, 0.25) is 0 Å². The van der Waals surface area contributed by atoms with Crippen molar-refractivity contribution >= 4 is 22.5 Å². The van der Waals surface area contributed by atoms with Crippen molar-refractivity contribution < 1.29 is 9.53 Å². The third-order valence-electron chi connectivity index (χ3n) is 5.56. The number of primary amides is 1. The van der Waals surface area contributed by atoms with E-state index in [0.29, 0.717) is 31.9 Å². The lowest BCUT2D eigenvalue weighted by atomic mass is 10.1. The number of amides is 1. The molecular weight excluding hydrogens is 368 g/mol. The van der Waals surface area contributed by atoms with E-state index in [1.54, 1.807) is 11.5 Å². The Morgan fingerprint density at radius 3 is 2.69 bits per heavy atom. The maximum atomic E-state index is 13.2. The first kappa shape index (κ1) is 21.3. The largest absolute Gasteiger partial charge is 0.380 e. The van der Waals surface area contributed by atoms with Gasteiger partial charge in [-0.15, -0.1) is 0 Å². The minimum absolute atomic E-state index is 0.0582. The number of anilines is 1. The first-order valence-electron chi connectivity index (χ1n) is 10.5. The second-order valence-corrected chi connectivity index (χ2v) is 7.62. The molecule has 0 radical (unpaired) electrons. The van der Waals surface area contributed by atoms with Gasteiger partial charge in [0.2, 0.25) is 5.91 Å². The van der Waals surface area contributed by atoms with Gasteiger partial charge in [-0.2, -0.15) is 0 Å². The number of nitrogens with zero attached hydrogens (tertiary/aromatic N) is 2. The fourth-order valence-electron chi connectivity index (χ4n) is 3.78. The van der Waals surface area contributed by atoms with Crippen molar-refractivity contribution in [3.63, 3.8) is 0 Å². The van der Waals surface area contributed by atoms with Gasteiger partial charge in [-0.1, -0.05) is 6.07 Å². The number of hydrogen-bond acceptors (Lipinski definition) is 5. The molecule has 158 valence electrons. The normalized spacial score (nSPS) is 15.6. The average Bonchev–Trinajstić information content (AvgIpc) is 2.74. The highest BCUT2D eigenvalue weighted by Crippen LogP contribution is 2.25. The second kappa shape index (κ2) is 9.89. The van der Waals surface area contributed by atoms with Crippen LogP contribution in [0.3, 0.4) is 0 Å². The Hall–Kier alpha value is -2.38. The third kappa shape index (κ3) is 5.16. The minimum Gasteiger partial charge on any atom is -0.380 e. The van der Waals surface area contributed by atoms with Gasteiger partial charge in [0.15, 0.2) is 0 Å². The highest BCUT2D eigenvalue weighted by Gasteiger charge is 2.15. The molecule has 7 nitrogen and oxygen atoms in total. The lowest BCUT2D eigenvalue weighted by Gasteiger charge is -2.29. The summed E-state index contributed by atoms with van der Waals surface area (Å²) in [6.45, 7) is 7.64. The zero-order chi connectivity index (χ0) is 20.8. The summed E-state index contributed by atoms with van der Waals surface area (Å²) in [4.78, 5) is 26.9. The smallest absolute Gasteiger partial charge is 0.255 e. The average molecular weight is 401 g/mol. The number of benzene rings is 1. The number of nitrogens with two attached hydrogens (primary N) is 1. The topological polar surface area (TPSA) is 89.6 Å². The molecule has 1 unspecified atom stereocenters. The van der Waals surface area contributed by atoms with Crippen LogP contribution in [-0.4, -0.2) is 42.8 Å². The molecule has 29 heavy (non-hydrogen) atoms. The molecule has 1 aliphatic heterocycles. The predicted molar refractivity (Wildman–Crippen MR) is 116 cm³/mol. The Balaban J connectivity index is 1.97. The molecule has 2 heterocycles. The van der Waals surface area contributed by atoms with Crippen molar-refractivity contribution in [2.45, 2.75) is 52.2 Å². The van der Waals surface area contributed by atoms with Crippen LogP contribution >= 0.6 is 0 Å². The molecule has 0 spiro atoms. The van der Waals surface area contributed by atoms with E-state index in [2.05, 4.69) is 28.4 Å². The number of aromatic nitrogens is 1. The molecule has 3 rings (SSSR count). The van der Waals surface area contributed by atoms with Crippen molar-refractivity contribution in [2.75, 3.05) is 31.2 Å². The Kier molecular flexibility index (Phi) is 7.28. The van der Waals surface area contributed by atoms with Crippen LogP contribution in [0.4, 0.5) is 5.69 Å². The highest BCUT2D eigenvalue weighted by atomic mass is 16.5. The zero-order valence-electron chi connectivity index (χ0n) is 17.4. The van der Waals surface area contributed by atoms with Crippen molar-refractivity contribution in [3.05, 3.63) is 40.2 Å². The Morgan fingerprint density at radius 1 is 1.24 bits per heavy atom. The lowest BCUT2D eigenvalue weighted by Crippen LogP contribution is -2.39. The van der Waals surface area contributed by atoms with Gasteiger partial charge >= 0.3 is 0 Å². The van der Waals surface area contributed by atoms with E-state index in [0.717, 1.165) is 29.7 Å². The van der Waals surface area contributed by atoms with Crippen LogP contribution in [0.1, 0.15) is 38.7 Å². The molecule has 2 aromatic rings. The van der Waals surface area contributed by atoms with Crippen LogP contribution in [0.15, 0.2) is 29.1 Å². The zero-order valence-corrected chi connectivity index (χ0v) is 17.4. The fraction of sp³-hybridized carbons (Fsp3) is 0.545. The number of ether oxygens (including phenoxy) is 1. The second-order valence-electron chi connectivity index (χ2n) is 7.62. The number of nitrogens with one attached hydrogen (secondary N) is 1. The monoisotopic (exact) mass is 400 g/mol. The molecule has 0 bridgehead atoms. The Bertz CT molecular complexity index is 903. The molecule has 1 amide bonds. The Morgan fingerprint density at radius 2 is 2.00 bits per heavy atom. The number of rotatable bonds is 9. The van der Waals surface area contributed by atoms with Crippen LogP contribution < -0.4 is 21.5 Å². The quantitative estimate of drug-likeness (QED) is 0.629. The van der Waals surface area contributed by atoms with Gasteiger partial charge in [0, 0.05) is 44.0 Å². The number of fused-ring (bicyclic) bond motifs is 1. The van der Waals surface area contributed by atoms with E-state index >= 15 is 0 Å². The summed E-state index contributed by atoms with van der Waals surface area (Å²) in [7, 11) is 0. The van der Waals surface area contributed by atoms with Gasteiger partial charge in [0.1, 0.15) is 0 Å². The van der Waals surface area contributed by atoms with Gasteiger partial charge in [-0.3, -0.25) is 9.59 Å². The first-order chi connectivity index (χ1) is 14.0. The lowest BCUT2D eigenvalue weighted by molar-refractivity contribution is -0.119. The number of pyridine rings is 1. The molecule has 1 fully saturated rings. The number of carbonyl (C=O) groups excluding carboxylic acids is 1. The summed E-state index contributed by atoms with van der Waals surface area (Å²) in [6, 6.07) is 7.75. The summed E-state index contributed by atoms with van der Waals surface area (Å²) < 4.78 is 7.31.